The third-order valence-corrected chi connectivity index (χ3v) is 5.35. The van der Waals surface area contributed by atoms with Crippen molar-refractivity contribution in [3.8, 4) is 0 Å². The molecule has 0 saturated carbocycles. The summed E-state index contributed by atoms with van der Waals surface area (Å²) in [5, 5.41) is 0. The van der Waals surface area contributed by atoms with Crippen molar-refractivity contribution in [1.82, 2.24) is 19.8 Å². The van der Waals surface area contributed by atoms with E-state index in [0.717, 1.165) is 17.8 Å². The number of amides is 2. The van der Waals surface area contributed by atoms with Crippen LogP contribution in [0.2, 0.25) is 0 Å². The first-order valence-electron chi connectivity index (χ1n) is 10.2. The Balaban J connectivity index is 1.78. The van der Waals surface area contributed by atoms with Gasteiger partial charge in [-0.1, -0.05) is 0 Å². The molecule has 1 atom stereocenters. The quantitative estimate of drug-likeness (QED) is 0.778. The zero-order valence-corrected chi connectivity index (χ0v) is 17.4. The molecule has 1 spiro atoms. The number of aromatic amines is 1. The van der Waals surface area contributed by atoms with Gasteiger partial charge in [0.1, 0.15) is 11.1 Å². The molecule has 28 heavy (non-hydrogen) atoms. The van der Waals surface area contributed by atoms with E-state index < -0.39 is 11.1 Å². The molecule has 8 heteroatoms. The molecule has 1 N–H and O–H groups in total. The summed E-state index contributed by atoms with van der Waals surface area (Å²) >= 11 is 0. The number of hydrogen-bond donors (Lipinski definition) is 1. The van der Waals surface area contributed by atoms with Crippen LogP contribution in [0.25, 0.3) is 0 Å². The summed E-state index contributed by atoms with van der Waals surface area (Å²) in [4.78, 5) is 37.1. The summed E-state index contributed by atoms with van der Waals surface area (Å²) in [6.07, 6.45) is 3.90. The molecule has 3 heterocycles. The number of hydrogen-bond acceptors (Lipinski definition) is 5. The van der Waals surface area contributed by atoms with Crippen LogP contribution in [0.5, 0.6) is 0 Å². The highest BCUT2D eigenvalue weighted by Gasteiger charge is 2.52. The summed E-state index contributed by atoms with van der Waals surface area (Å²) in [7, 11) is 0. The Bertz CT molecular complexity index is 711. The number of nitrogens with zero attached hydrogens (tertiary/aromatic N) is 3. The minimum Gasteiger partial charge on any atom is -0.444 e. The van der Waals surface area contributed by atoms with Gasteiger partial charge in [0.15, 0.2) is 0 Å². The predicted octanol–water partition coefficient (Wildman–Crippen LogP) is 2.45. The lowest BCUT2D eigenvalue weighted by Gasteiger charge is -2.44. The summed E-state index contributed by atoms with van der Waals surface area (Å²) in [6, 6.07) is 0. The van der Waals surface area contributed by atoms with Gasteiger partial charge in [-0.05, 0) is 40.5 Å². The van der Waals surface area contributed by atoms with E-state index in [2.05, 4.69) is 9.97 Å². The fourth-order valence-corrected chi connectivity index (χ4v) is 4.14. The number of imidazole rings is 1. The van der Waals surface area contributed by atoms with Crippen molar-refractivity contribution >= 4 is 12.0 Å². The fourth-order valence-electron chi connectivity index (χ4n) is 4.14. The molecule has 3 rings (SSSR count). The van der Waals surface area contributed by atoms with E-state index in [9.17, 15) is 9.59 Å². The van der Waals surface area contributed by atoms with Crippen LogP contribution in [0.4, 0.5) is 4.79 Å². The highest BCUT2D eigenvalue weighted by atomic mass is 16.6. The number of likely N-dealkylation sites (tertiary alicyclic amines) is 1. The van der Waals surface area contributed by atoms with Crippen molar-refractivity contribution < 1.29 is 19.1 Å². The number of aromatic nitrogens is 2. The van der Waals surface area contributed by atoms with Crippen LogP contribution in [0, 0.1) is 0 Å². The molecule has 2 aliphatic heterocycles. The van der Waals surface area contributed by atoms with Crippen LogP contribution in [0.1, 0.15) is 58.3 Å². The zero-order chi connectivity index (χ0) is 20.4. The smallest absolute Gasteiger partial charge is 0.410 e. The van der Waals surface area contributed by atoms with Gasteiger partial charge in [-0.3, -0.25) is 4.79 Å². The SMILES string of the molecule is CCOCCCC(=O)N1CCc2[nH]cnc2C12CCN(C(=O)OC(C)(C)C)C2. The Morgan fingerprint density at radius 2 is 2.11 bits per heavy atom. The minimum absolute atomic E-state index is 0.0967. The van der Waals surface area contributed by atoms with E-state index in [4.69, 9.17) is 9.47 Å². The van der Waals surface area contributed by atoms with Crippen molar-refractivity contribution in [3.63, 3.8) is 0 Å². The van der Waals surface area contributed by atoms with Gasteiger partial charge >= 0.3 is 6.09 Å². The molecule has 2 amide bonds. The highest BCUT2D eigenvalue weighted by molar-refractivity contribution is 5.78. The van der Waals surface area contributed by atoms with Gasteiger partial charge in [0.25, 0.3) is 0 Å². The molecule has 1 aromatic rings. The van der Waals surface area contributed by atoms with Crippen LogP contribution in [0.3, 0.4) is 0 Å². The van der Waals surface area contributed by atoms with Gasteiger partial charge in [-0.15, -0.1) is 0 Å². The molecule has 1 aromatic heterocycles. The third kappa shape index (κ3) is 4.16. The van der Waals surface area contributed by atoms with Gasteiger partial charge in [0.2, 0.25) is 5.91 Å². The zero-order valence-electron chi connectivity index (χ0n) is 17.4. The second-order valence-electron chi connectivity index (χ2n) is 8.51. The Kier molecular flexibility index (Phi) is 5.98. The largest absolute Gasteiger partial charge is 0.444 e. The second-order valence-corrected chi connectivity index (χ2v) is 8.51. The van der Waals surface area contributed by atoms with Gasteiger partial charge in [-0.2, -0.15) is 0 Å². The van der Waals surface area contributed by atoms with Crippen molar-refractivity contribution in [2.45, 2.75) is 64.5 Å². The van der Waals surface area contributed by atoms with E-state index in [1.807, 2.05) is 32.6 Å². The topological polar surface area (TPSA) is 87.8 Å². The van der Waals surface area contributed by atoms with Crippen LogP contribution < -0.4 is 0 Å². The molecule has 1 saturated heterocycles. The monoisotopic (exact) mass is 392 g/mol. The average molecular weight is 393 g/mol. The number of carbonyl (C=O) groups is 2. The Hall–Kier alpha value is -2.09. The normalized spacial score (nSPS) is 21.9. The second kappa shape index (κ2) is 8.11. The number of rotatable bonds is 5. The van der Waals surface area contributed by atoms with Crippen molar-refractivity contribution in [1.29, 1.82) is 0 Å². The molecule has 1 unspecified atom stereocenters. The molecular formula is C20H32N4O4. The van der Waals surface area contributed by atoms with Crippen molar-refractivity contribution in [2.75, 3.05) is 32.8 Å². The maximum Gasteiger partial charge on any atom is 0.410 e. The van der Waals surface area contributed by atoms with Crippen LogP contribution in [-0.2, 0) is 26.2 Å². The first-order chi connectivity index (χ1) is 13.3. The molecule has 0 radical (unpaired) electrons. The predicted molar refractivity (Wildman–Crippen MR) is 104 cm³/mol. The van der Waals surface area contributed by atoms with Gasteiger partial charge < -0.3 is 24.3 Å². The van der Waals surface area contributed by atoms with E-state index in [-0.39, 0.29) is 12.0 Å². The van der Waals surface area contributed by atoms with Crippen LogP contribution >= 0.6 is 0 Å². The van der Waals surface area contributed by atoms with E-state index in [0.29, 0.717) is 52.1 Å². The lowest BCUT2D eigenvalue weighted by molar-refractivity contribution is -0.139. The molecule has 1 fully saturated rings. The Morgan fingerprint density at radius 3 is 2.82 bits per heavy atom. The molecular weight excluding hydrogens is 360 g/mol. The number of fused-ring (bicyclic) bond motifs is 2. The standard InChI is InChI=1S/C20H32N4O4/c1-5-27-12-6-7-16(25)24-10-8-15-17(22-14-21-15)20(24)9-11-23(13-20)18(26)28-19(2,3)4/h14H,5-13H2,1-4H3,(H,21,22). The van der Waals surface area contributed by atoms with Gasteiger partial charge in [0.05, 0.1) is 18.6 Å². The molecule has 2 aliphatic rings. The van der Waals surface area contributed by atoms with E-state index >= 15 is 0 Å². The summed E-state index contributed by atoms with van der Waals surface area (Å²) < 4.78 is 10.9. The first kappa shape index (κ1) is 20.6. The first-order valence-corrected chi connectivity index (χ1v) is 10.2. The van der Waals surface area contributed by atoms with Gasteiger partial charge in [0, 0.05) is 44.8 Å². The lowest BCUT2D eigenvalue weighted by Crippen LogP contribution is -2.55. The van der Waals surface area contributed by atoms with Gasteiger partial charge in [-0.25, -0.2) is 9.78 Å². The number of carbonyl (C=O) groups excluding carboxylic acids is 2. The summed E-state index contributed by atoms with van der Waals surface area (Å²) in [6.45, 7) is 10.4. The van der Waals surface area contributed by atoms with E-state index in [1.54, 1.807) is 11.2 Å². The van der Waals surface area contributed by atoms with Crippen LogP contribution in [-0.4, -0.2) is 70.2 Å². The summed E-state index contributed by atoms with van der Waals surface area (Å²) in [5.74, 6) is 0.0967. The third-order valence-electron chi connectivity index (χ3n) is 5.35. The maximum absolute atomic E-state index is 13.1. The molecule has 0 bridgehead atoms. The Morgan fingerprint density at radius 1 is 1.32 bits per heavy atom. The number of nitrogens with one attached hydrogen (secondary N) is 1. The average Bonchev–Trinajstić information content (AvgIpc) is 3.26. The van der Waals surface area contributed by atoms with Crippen molar-refractivity contribution in [3.05, 3.63) is 17.7 Å². The molecule has 0 aliphatic carbocycles. The Labute approximate surface area is 166 Å². The molecule has 156 valence electrons. The van der Waals surface area contributed by atoms with E-state index in [1.165, 1.54) is 0 Å². The number of H-pyrrole nitrogens is 1. The highest BCUT2D eigenvalue weighted by Crippen LogP contribution is 2.42. The van der Waals surface area contributed by atoms with Crippen LogP contribution in [0.15, 0.2) is 6.33 Å². The number of ether oxygens (including phenoxy) is 2. The van der Waals surface area contributed by atoms with Crippen molar-refractivity contribution in [2.24, 2.45) is 0 Å². The maximum atomic E-state index is 13.1. The summed E-state index contributed by atoms with van der Waals surface area (Å²) in [5.41, 5.74) is 0.825. The minimum atomic E-state index is -0.576. The fraction of sp³-hybridized carbons (Fsp3) is 0.750. The molecule has 8 nitrogen and oxygen atoms in total. The molecule has 0 aromatic carbocycles. The lowest BCUT2D eigenvalue weighted by atomic mass is 9.85.